The lowest BCUT2D eigenvalue weighted by Crippen LogP contribution is -2.22. The molecule has 0 amide bonds. The normalized spacial score (nSPS) is 12.8. The second-order valence-electron chi connectivity index (χ2n) is 7.25. The molecule has 6 nitrogen and oxygen atoms in total. The molecule has 0 fully saturated rings. The summed E-state index contributed by atoms with van der Waals surface area (Å²) in [6.07, 6.45) is 3.28. The molecule has 0 saturated carbocycles. The van der Waals surface area contributed by atoms with Crippen molar-refractivity contribution in [1.29, 1.82) is 0 Å². The Hall–Kier alpha value is -3.64. The summed E-state index contributed by atoms with van der Waals surface area (Å²) in [5.41, 5.74) is 0.835. The second-order valence-corrected chi connectivity index (χ2v) is 7.25. The largest absolute Gasteiger partial charge is 0.494 e. The van der Waals surface area contributed by atoms with Crippen LogP contribution >= 0.6 is 0 Å². The number of nitrogens with zero attached hydrogens (tertiary/aromatic N) is 3. The molecule has 30 heavy (non-hydrogen) atoms. The van der Waals surface area contributed by atoms with Gasteiger partial charge in [0.15, 0.2) is 0 Å². The molecule has 0 aliphatic carbocycles. The highest BCUT2D eigenvalue weighted by molar-refractivity contribution is 6.01. The van der Waals surface area contributed by atoms with Crippen LogP contribution in [0.5, 0.6) is 5.88 Å². The molecule has 6 heteroatoms. The number of aromatic nitrogens is 1. The Morgan fingerprint density at radius 2 is 1.73 bits per heavy atom. The molecule has 2 aromatic carbocycles. The van der Waals surface area contributed by atoms with Crippen LogP contribution in [-0.4, -0.2) is 41.4 Å². The molecule has 2 aromatic heterocycles. The van der Waals surface area contributed by atoms with Gasteiger partial charge in [-0.1, -0.05) is 36.4 Å². The van der Waals surface area contributed by atoms with Gasteiger partial charge < -0.3 is 9.52 Å². The van der Waals surface area contributed by atoms with Crippen LogP contribution in [0.25, 0.3) is 16.5 Å². The smallest absolute Gasteiger partial charge is 0.265 e. The number of benzene rings is 2. The molecule has 0 bridgehead atoms. The summed E-state index contributed by atoms with van der Waals surface area (Å²) in [6.45, 7) is 0.443. The van der Waals surface area contributed by atoms with E-state index in [1.54, 1.807) is 30.7 Å². The predicted octanol–water partition coefficient (Wildman–Crippen LogP) is 4.01. The fraction of sp³-hybridized carbons (Fsp3) is 0.167. The maximum Gasteiger partial charge on any atom is 0.265 e. The van der Waals surface area contributed by atoms with E-state index < -0.39 is 0 Å². The number of aliphatic imine (C=N–C) groups is 1. The van der Waals surface area contributed by atoms with Gasteiger partial charge in [-0.25, -0.2) is 4.57 Å². The fourth-order valence-electron chi connectivity index (χ4n) is 3.54. The molecule has 1 atom stereocenters. The third kappa shape index (κ3) is 3.65. The average Bonchev–Trinajstić information content (AvgIpc) is 3.28. The van der Waals surface area contributed by atoms with Gasteiger partial charge in [0.25, 0.3) is 5.56 Å². The monoisotopic (exact) mass is 401 g/mol. The van der Waals surface area contributed by atoms with E-state index in [9.17, 15) is 9.90 Å². The molecule has 152 valence electrons. The molecule has 0 radical (unpaired) electrons. The molecule has 0 spiro atoms. The van der Waals surface area contributed by atoms with Crippen molar-refractivity contribution in [3.05, 3.63) is 94.7 Å². The van der Waals surface area contributed by atoms with Gasteiger partial charge in [0.2, 0.25) is 5.88 Å². The molecule has 4 rings (SSSR count). The number of fused-ring (bicyclic) bond motifs is 1. The van der Waals surface area contributed by atoms with Gasteiger partial charge >= 0.3 is 0 Å². The number of pyridine rings is 1. The average molecular weight is 401 g/mol. The summed E-state index contributed by atoms with van der Waals surface area (Å²) in [7, 11) is 3.93. The minimum Gasteiger partial charge on any atom is -0.494 e. The van der Waals surface area contributed by atoms with Gasteiger partial charge in [-0.2, -0.15) is 0 Å². The van der Waals surface area contributed by atoms with Crippen LogP contribution in [-0.2, 0) is 0 Å². The van der Waals surface area contributed by atoms with Crippen LogP contribution in [0.15, 0.2) is 87.2 Å². The number of para-hydroxylation sites is 1. The molecule has 0 aliphatic rings. The van der Waals surface area contributed by atoms with Crippen LogP contribution in [0.4, 0.5) is 0 Å². The topological polar surface area (TPSA) is 71.0 Å². The zero-order valence-electron chi connectivity index (χ0n) is 16.9. The third-order valence-electron chi connectivity index (χ3n) is 5.11. The molecule has 4 aromatic rings. The Morgan fingerprint density at radius 1 is 1.03 bits per heavy atom. The van der Waals surface area contributed by atoms with Crippen molar-refractivity contribution in [2.75, 3.05) is 20.6 Å². The highest BCUT2D eigenvalue weighted by Gasteiger charge is 2.18. The van der Waals surface area contributed by atoms with Crippen molar-refractivity contribution in [2.45, 2.75) is 6.04 Å². The van der Waals surface area contributed by atoms with Crippen LogP contribution in [0, 0.1) is 0 Å². The Balaban J connectivity index is 1.80. The van der Waals surface area contributed by atoms with Gasteiger partial charge in [0, 0.05) is 17.0 Å². The Kier molecular flexibility index (Phi) is 5.50. The second kappa shape index (κ2) is 8.39. The summed E-state index contributed by atoms with van der Waals surface area (Å²) >= 11 is 0. The first-order valence-electron chi connectivity index (χ1n) is 9.69. The van der Waals surface area contributed by atoms with Gasteiger partial charge in [-0.05, 0) is 44.4 Å². The van der Waals surface area contributed by atoms with Gasteiger partial charge in [0.05, 0.1) is 30.1 Å². The summed E-state index contributed by atoms with van der Waals surface area (Å²) < 4.78 is 6.86. The van der Waals surface area contributed by atoms with E-state index in [-0.39, 0.29) is 17.5 Å². The van der Waals surface area contributed by atoms with Crippen molar-refractivity contribution < 1.29 is 9.52 Å². The maximum atomic E-state index is 13.1. The Bertz CT molecular complexity index is 1230. The minimum atomic E-state index is -0.270. The standard InChI is InChI=1S/C24H23N3O3/c1-26(2)21(22-13-8-14-30-22)16-25-15-20-18-11-6-7-12-19(18)23(28)27(24(20)29)17-9-4-3-5-10-17/h3-15,21,29H,16H2,1-2H3/t21-/m0/s1. The fourth-order valence-corrected chi connectivity index (χ4v) is 3.54. The minimum absolute atomic E-state index is 0.0373. The first-order chi connectivity index (χ1) is 14.6. The van der Waals surface area contributed by atoms with Gasteiger partial charge in [-0.3, -0.25) is 14.7 Å². The third-order valence-corrected chi connectivity index (χ3v) is 5.11. The van der Waals surface area contributed by atoms with Crippen molar-refractivity contribution in [2.24, 2.45) is 4.99 Å². The van der Waals surface area contributed by atoms with E-state index in [2.05, 4.69) is 4.99 Å². The van der Waals surface area contributed by atoms with E-state index in [0.717, 1.165) is 5.76 Å². The van der Waals surface area contributed by atoms with Gasteiger partial charge in [-0.15, -0.1) is 0 Å². The van der Waals surface area contributed by atoms with E-state index in [0.29, 0.717) is 28.6 Å². The lowest BCUT2D eigenvalue weighted by molar-refractivity contribution is 0.265. The zero-order valence-corrected chi connectivity index (χ0v) is 16.9. The summed E-state index contributed by atoms with van der Waals surface area (Å²) in [4.78, 5) is 19.7. The summed E-state index contributed by atoms with van der Waals surface area (Å²) in [6, 6.07) is 20.1. The predicted molar refractivity (Wildman–Crippen MR) is 119 cm³/mol. The molecule has 0 saturated heterocycles. The number of aromatic hydroxyl groups is 1. The number of rotatable bonds is 6. The van der Waals surface area contributed by atoms with Crippen molar-refractivity contribution in [1.82, 2.24) is 9.47 Å². The van der Waals surface area contributed by atoms with Crippen molar-refractivity contribution in [3.8, 4) is 11.6 Å². The van der Waals surface area contributed by atoms with Crippen LogP contribution in [0.2, 0.25) is 0 Å². The van der Waals surface area contributed by atoms with Crippen LogP contribution in [0.1, 0.15) is 17.4 Å². The Labute approximate surface area is 174 Å². The highest BCUT2D eigenvalue weighted by atomic mass is 16.3. The van der Waals surface area contributed by atoms with Gasteiger partial charge in [0.1, 0.15) is 5.76 Å². The van der Waals surface area contributed by atoms with E-state index in [1.807, 2.05) is 67.5 Å². The molecular weight excluding hydrogens is 378 g/mol. The lowest BCUT2D eigenvalue weighted by atomic mass is 10.1. The molecule has 1 N–H and O–H groups in total. The first-order valence-corrected chi connectivity index (χ1v) is 9.69. The van der Waals surface area contributed by atoms with E-state index in [1.165, 1.54) is 4.57 Å². The van der Waals surface area contributed by atoms with E-state index in [4.69, 9.17) is 4.42 Å². The number of likely N-dealkylation sites (N-methyl/N-ethyl adjacent to an activating group) is 1. The van der Waals surface area contributed by atoms with E-state index >= 15 is 0 Å². The lowest BCUT2D eigenvalue weighted by Gasteiger charge is -2.20. The zero-order chi connectivity index (χ0) is 21.1. The first kappa shape index (κ1) is 19.7. The van der Waals surface area contributed by atoms with Crippen molar-refractivity contribution in [3.63, 3.8) is 0 Å². The van der Waals surface area contributed by atoms with Crippen molar-refractivity contribution >= 4 is 17.0 Å². The van der Waals surface area contributed by atoms with Crippen LogP contribution < -0.4 is 5.56 Å². The maximum absolute atomic E-state index is 13.1. The number of hydrogen-bond acceptors (Lipinski definition) is 5. The summed E-state index contributed by atoms with van der Waals surface area (Å²) in [5, 5.41) is 12.2. The van der Waals surface area contributed by atoms with Crippen LogP contribution in [0.3, 0.4) is 0 Å². The SMILES string of the molecule is CN(C)[C@@H](CN=Cc1c(O)n(-c2ccccc2)c(=O)c2ccccc12)c1ccco1. The Morgan fingerprint density at radius 3 is 2.40 bits per heavy atom. The molecular formula is C24H23N3O3. The quantitative estimate of drug-likeness (QED) is 0.496. The molecule has 2 heterocycles. The number of hydrogen-bond donors (Lipinski definition) is 1. The number of furan rings is 1. The molecule has 0 unspecified atom stereocenters. The highest BCUT2D eigenvalue weighted by Crippen LogP contribution is 2.26. The summed E-state index contributed by atoms with van der Waals surface area (Å²) in [5.74, 6) is 0.688. The molecule has 0 aliphatic heterocycles.